The molecule has 1 saturated heterocycles. The second-order valence-corrected chi connectivity index (χ2v) is 2.62. The minimum atomic E-state index is 0.0428. The standard InChI is InChI=1S/C7H11N5/c1-12-4-2-3-6(12)11-7(9)10-5-8/h2-4H2,1H3,(H2,9,10)/b11-6+. The molecule has 1 heterocycles. The lowest BCUT2D eigenvalue weighted by Crippen LogP contribution is -2.22. The van der Waals surface area contributed by atoms with Gasteiger partial charge in [0.05, 0.1) is 0 Å². The van der Waals surface area contributed by atoms with Crippen molar-refractivity contribution in [1.29, 1.82) is 5.26 Å². The van der Waals surface area contributed by atoms with Crippen molar-refractivity contribution in [2.75, 3.05) is 13.6 Å². The van der Waals surface area contributed by atoms with Crippen LogP contribution in [0.25, 0.3) is 0 Å². The molecular formula is C7H11N5. The zero-order valence-electron chi connectivity index (χ0n) is 6.99. The van der Waals surface area contributed by atoms with Gasteiger partial charge in [-0.15, -0.1) is 4.99 Å². The summed E-state index contributed by atoms with van der Waals surface area (Å²) in [7, 11) is 1.95. The van der Waals surface area contributed by atoms with Crippen LogP contribution in [0.5, 0.6) is 0 Å². The lowest BCUT2D eigenvalue weighted by atomic mass is 10.4. The second kappa shape index (κ2) is 3.72. The first kappa shape index (κ1) is 8.53. The maximum atomic E-state index is 8.18. The minimum Gasteiger partial charge on any atom is -0.367 e. The smallest absolute Gasteiger partial charge is 0.232 e. The van der Waals surface area contributed by atoms with Crippen LogP contribution in [0.2, 0.25) is 0 Å². The Balaban J connectivity index is 2.69. The van der Waals surface area contributed by atoms with Crippen molar-refractivity contribution in [1.82, 2.24) is 4.90 Å². The number of likely N-dealkylation sites (tertiary alicyclic amines) is 1. The van der Waals surface area contributed by atoms with Crippen LogP contribution in [0.3, 0.4) is 0 Å². The maximum Gasteiger partial charge on any atom is 0.232 e. The number of nitrogens with zero attached hydrogens (tertiary/aromatic N) is 4. The molecule has 0 aromatic heterocycles. The van der Waals surface area contributed by atoms with E-state index in [1.165, 1.54) is 0 Å². The highest BCUT2D eigenvalue weighted by atomic mass is 15.2. The molecule has 2 N–H and O–H groups in total. The fraction of sp³-hybridized carbons (Fsp3) is 0.571. The van der Waals surface area contributed by atoms with E-state index in [0.717, 1.165) is 25.2 Å². The van der Waals surface area contributed by atoms with Crippen LogP contribution in [0.4, 0.5) is 0 Å². The molecule has 0 atom stereocenters. The van der Waals surface area contributed by atoms with Gasteiger partial charge < -0.3 is 10.6 Å². The van der Waals surface area contributed by atoms with Crippen molar-refractivity contribution in [3.05, 3.63) is 0 Å². The highest BCUT2D eigenvalue weighted by Gasteiger charge is 2.13. The normalized spacial score (nSPS) is 21.5. The Morgan fingerprint density at radius 3 is 3.00 bits per heavy atom. The molecule has 1 aliphatic rings. The van der Waals surface area contributed by atoms with Crippen LogP contribution >= 0.6 is 0 Å². The predicted molar refractivity (Wildman–Crippen MR) is 46.5 cm³/mol. The van der Waals surface area contributed by atoms with Gasteiger partial charge in [-0.3, -0.25) is 0 Å². The van der Waals surface area contributed by atoms with Crippen molar-refractivity contribution in [2.24, 2.45) is 15.7 Å². The maximum absolute atomic E-state index is 8.18. The third kappa shape index (κ3) is 1.95. The van der Waals surface area contributed by atoms with Crippen LogP contribution < -0.4 is 5.73 Å². The average molecular weight is 165 g/mol. The number of nitriles is 1. The van der Waals surface area contributed by atoms with Crippen molar-refractivity contribution in [3.8, 4) is 6.19 Å². The molecule has 12 heavy (non-hydrogen) atoms. The summed E-state index contributed by atoms with van der Waals surface area (Å²) in [6.07, 6.45) is 3.60. The molecule has 1 rings (SSSR count). The zero-order valence-corrected chi connectivity index (χ0v) is 6.99. The highest BCUT2D eigenvalue weighted by molar-refractivity contribution is 5.96. The molecule has 5 heteroatoms. The fourth-order valence-electron chi connectivity index (χ4n) is 1.14. The molecule has 0 radical (unpaired) electrons. The summed E-state index contributed by atoms with van der Waals surface area (Å²) in [5, 5.41) is 8.18. The number of amidine groups is 1. The first-order valence-corrected chi connectivity index (χ1v) is 3.75. The molecule has 1 aliphatic heterocycles. The van der Waals surface area contributed by atoms with Gasteiger partial charge in [-0.2, -0.15) is 10.3 Å². The summed E-state index contributed by atoms with van der Waals surface area (Å²) in [4.78, 5) is 9.32. The van der Waals surface area contributed by atoms with Gasteiger partial charge in [-0.1, -0.05) is 0 Å². The van der Waals surface area contributed by atoms with E-state index in [9.17, 15) is 0 Å². The molecule has 0 unspecified atom stereocenters. The third-order valence-electron chi connectivity index (χ3n) is 1.74. The van der Waals surface area contributed by atoms with Gasteiger partial charge in [-0.05, 0) is 6.42 Å². The van der Waals surface area contributed by atoms with Crippen molar-refractivity contribution in [3.63, 3.8) is 0 Å². The lowest BCUT2D eigenvalue weighted by Gasteiger charge is -2.09. The molecule has 0 saturated carbocycles. The van der Waals surface area contributed by atoms with E-state index >= 15 is 0 Å². The van der Waals surface area contributed by atoms with Gasteiger partial charge in [0.1, 0.15) is 5.84 Å². The van der Waals surface area contributed by atoms with Crippen molar-refractivity contribution in [2.45, 2.75) is 12.8 Å². The number of nitrogens with two attached hydrogens (primary N) is 1. The molecule has 1 fully saturated rings. The van der Waals surface area contributed by atoms with Crippen molar-refractivity contribution >= 4 is 11.8 Å². The molecule has 5 nitrogen and oxygen atoms in total. The third-order valence-corrected chi connectivity index (χ3v) is 1.74. The predicted octanol–water partition coefficient (Wildman–Crippen LogP) is -0.0937. The Hall–Kier alpha value is -1.57. The molecular weight excluding hydrogens is 154 g/mol. The van der Waals surface area contributed by atoms with E-state index < -0.39 is 0 Å². The van der Waals surface area contributed by atoms with Gasteiger partial charge in [0, 0.05) is 20.0 Å². The number of rotatable bonds is 0. The van der Waals surface area contributed by atoms with Gasteiger partial charge in [-0.25, -0.2) is 0 Å². The summed E-state index contributed by atoms with van der Waals surface area (Å²) in [6.45, 7) is 0.999. The number of hydrogen-bond donors (Lipinski definition) is 1. The Labute approximate surface area is 71.2 Å². The number of aliphatic imine (C=N–C) groups is 2. The van der Waals surface area contributed by atoms with Gasteiger partial charge in [0.15, 0.2) is 0 Å². The monoisotopic (exact) mass is 165 g/mol. The van der Waals surface area contributed by atoms with Crippen LogP contribution in [-0.4, -0.2) is 30.3 Å². The Morgan fingerprint density at radius 2 is 2.50 bits per heavy atom. The average Bonchev–Trinajstić information content (AvgIpc) is 2.37. The van der Waals surface area contributed by atoms with E-state index in [1.54, 1.807) is 6.19 Å². The SMILES string of the molecule is CN1CCC/C1=N\C(N)=NC#N. The molecule has 0 amide bonds. The molecule has 0 aliphatic carbocycles. The summed E-state index contributed by atoms with van der Waals surface area (Å²) in [5.41, 5.74) is 5.34. The Kier molecular flexibility index (Phi) is 2.64. The van der Waals surface area contributed by atoms with E-state index in [1.807, 2.05) is 11.9 Å². The summed E-state index contributed by atoms with van der Waals surface area (Å²) >= 11 is 0. The molecule has 0 bridgehead atoms. The topological polar surface area (TPSA) is 77.8 Å². The highest BCUT2D eigenvalue weighted by Crippen LogP contribution is 2.08. The molecule has 0 aromatic rings. The summed E-state index contributed by atoms with van der Waals surface area (Å²) in [5.74, 6) is 0.952. The van der Waals surface area contributed by atoms with E-state index in [-0.39, 0.29) is 5.96 Å². The first-order valence-electron chi connectivity index (χ1n) is 3.75. The zero-order chi connectivity index (χ0) is 8.97. The lowest BCUT2D eigenvalue weighted by molar-refractivity contribution is 0.550. The second-order valence-electron chi connectivity index (χ2n) is 2.62. The van der Waals surface area contributed by atoms with E-state index in [0.29, 0.717) is 0 Å². The number of guanidine groups is 1. The summed E-state index contributed by atoms with van der Waals surface area (Å²) < 4.78 is 0. The Bertz CT molecular complexity index is 259. The molecule has 0 aromatic carbocycles. The quantitative estimate of drug-likeness (QED) is 0.309. The largest absolute Gasteiger partial charge is 0.367 e. The van der Waals surface area contributed by atoms with E-state index in [4.69, 9.17) is 11.0 Å². The Morgan fingerprint density at radius 1 is 1.75 bits per heavy atom. The van der Waals surface area contributed by atoms with Gasteiger partial charge >= 0.3 is 0 Å². The minimum absolute atomic E-state index is 0.0428. The number of hydrogen-bond acceptors (Lipinski definition) is 2. The first-order chi connectivity index (χ1) is 5.74. The van der Waals surface area contributed by atoms with Crippen LogP contribution in [-0.2, 0) is 0 Å². The van der Waals surface area contributed by atoms with E-state index in [2.05, 4.69) is 9.98 Å². The van der Waals surface area contributed by atoms with Crippen LogP contribution in [0.15, 0.2) is 9.98 Å². The van der Waals surface area contributed by atoms with Gasteiger partial charge in [0.2, 0.25) is 12.2 Å². The van der Waals surface area contributed by atoms with Crippen LogP contribution in [0.1, 0.15) is 12.8 Å². The summed E-state index contributed by atoms with van der Waals surface area (Å²) in [6, 6.07) is 0. The van der Waals surface area contributed by atoms with Crippen LogP contribution in [0, 0.1) is 11.5 Å². The van der Waals surface area contributed by atoms with Crippen molar-refractivity contribution < 1.29 is 0 Å². The molecule has 0 spiro atoms. The van der Waals surface area contributed by atoms with Gasteiger partial charge in [0.25, 0.3) is 0 Å². The molecule has 64 valence electrons. The fourth-order valence-corrected chi connectivity index (χ4v) is 1.14.